The number of fused-ring (bicyclic) bond motifs is 2. The third kappa shape index (κ3) is 7.22. The van der Waals surface area contributed by atoms with Crippen molar-refractivity contribution in [1.29, 1.82) is 0 Å². The highest BCUT2D eigenvalue weighted by atomic mass is 16.3. The van der Waals surface area contributed by atoms with Crippen LogP contribution in [-0.2, 0) is 14.4 Å². The Balaban J connectivity index is 1.09. The van der Waals surface area contributed by atoms with Gasteiger partial charge in [0.05, 0.1) is 36.4 Å². The molecule has 0 saturated carbocycles. The molecular formula is C41H33N12O5+. The van der Waals surface area contributed by atoms with E-state index < -0.39 is 30.2 Å². The molecule has 0 bridgehead atoms. The fourth-order valence-electron chi connectivity index (χ4n) is 6.33. The van der Waals surface area contributed by atoms with Crippen LogP contribution in [0.25, 0.3) is 56.6 Å². The highest BCUT2D eigenvalue weighted by molar-refractivity contribution is 6.28. The van der Waals surface area contributed by atoms with Gasteiger partial charge in [0, 0.05) is 72.3 Å². The van der Waals surface area contributed by atoms with Crippen LogP contribution < -0.4 is 30.4 Å². The van der Waals surface area contributed by atoms with Crippen molar-refractivity contribution < 1.29 is 23.6 Å². The smallest absolute Gasteiger partial charge is 0.258 e. The first-order chi connectivity index (χ1) is 28.0. The molecular weight excluding hydrogens is 741 g/mol. The Kier molecular flexibility index (Phi) is 9.67. The van der Waals surface area contributed by atoms with Gasteiger partial charge < -0.3 is 20.0 Å². The molecule has 58 heavy (non-hydrogen) atoms. The van der Waals surface area contributed by atoms with Crippen molar-refractivity contribution in [2.45, 2.75) is 0 Å². The van der Waals surface area contributed by atoms with E-state index in [-0.39, 0.29) is 34.4 Å². The largest absolute Gasteiger partial charge is 0.456 e. The summed E-state index contributed by atoms with van der Waals surface area (Å²) >= 11 is 0. The van der Waals surface area contributed by atoms with Gasteiger partial charge in [-0.25, -0.2) is 19.4 Å². The summed E-state index contributed by atoms with van der Waals surface area (Å²) in [6, 6.07) is 21.6. The molecule has 1 aliphatic carbocycles. The van der Waals surface area contributed by atoms with Gasteiger partial charge in [-0.3, -0.25) is 24.2 Å². The summed E-state index contributed by atoms with van der Waals surface area (Å²) in [5, 5.41) is 23.2. The lowest BCUT2D eigenvalue weighted by Gasteiger charge is -2.21. The van der Waals surface area contributed by atoms with Crippen LogP contribution in [0.4, 0.5) is 17.1 Å². The van der Waals surface area contributed by atoms with Gasteiger partial charge in [0.1, 0.15) is 31.1 Å². The molecule has 0 radical (unpaired) electrons. The first kappa shape index (κ1) is 36.9. The Bertz CT molecular complexity index is 2820. The molecule has 2 N–H and O–H groups in total. The number of rotatable bonds is 9. The number of imide groups is 1. The molecule has 3 aromatic heterocycles. The highest BCUT2D eigenvalue weighted by Gasteiger charge is 2.29. The van der Waals surface area contributed by atoms with Gasteiger partial charge in [-0.15, -0.1) is 20.4 Å². The van der Waals surface area contributed by atoms with Gasteiger partial charge in [0.25, 0.3) is 17.7 Å². The number of benzene rings is 3. The molecule has 0 spiro atoms. The predicted molar refractivity (Wildman–Crippen MR) is 214 cm³/mol. The van der Waals surface area contributed by atoms with Gasteiger partial charge >= 0.3 is 0 Å². The zero-order valence-electron chi connectivity index (χ0n) is 31.5. The number of pyridine rings is 1. The lowest BCUT2D eigenvalue weighted by Crippen LogP contribution is -2.34. The number of hydrogen-bond acceptors (Lipinski definition) is 13. The third-order valence-corrected chi connectivity index (χ3v) is 9.22. The molecule has 8 rings (SSSR count). The Morgan fingerprint density at radius 2 is 1.52 bits per heavy atom. The average molecular weight is 774 g/mol. The molecule has 2 aliphatic heterocycles. The lowest BCUT2D eigenvalue weighted by atomic mass is 9.90. The van der Waals surface area contributed by atoms with Gasteiger partial charge in [0.15, 0.2) is 0 Å². The molecule has 2 aromatic carbocycles. The summed E-state index contributed by atoms with van der Waals surface area (Å²) in [5.41, 5.74) is 4.42. The molecule has 0 saturated heterocycles. The van der Waals surface area contributed by atoms with Gasteiger partial charge in [0.2, 0.25) is 28.7 Å². The van der Waals surface area contributed by atoms with Crippen molar-refractivity contribution in [2.75, 3.05) is 49.9 Å². The van der Waals surface area contributed by atoms with E-state index in [2.05, 4.69) is 46.0 Å². The van der Waals surface area contributed by atoms with Crippen LogP contribution in [-0.4, -0.2) is 93.7 Å². The molecule has 17 nitrogen and oxygen atoms in total. The number of aromatic nitrogens is 7. The van der Waals surface area contributed by atoms with Crippen LogP contribution in [0.2, 0.25) is 0 Å². The van der Waals surface area contributed by atoms with Crippen molar-refractivity contribution >= 4 is 51.7 Å². The number of nitrogens with zero attached hydrogens (tertiary/aromatic N) is 10. The second kappa shape index (κ2) is 15.2. The minimum Gasteiger partial charge on any atom is -0.456 e. The third-order valence-electron chi connectivity index (χ3n) is 9.22. The van der Waals surface area contributed by atoms with E-state index in [1.807, 2.05) is 74.1 Å². The minimum atomic E-state index is -0.631. The number of hydrogen-bond donors (Lipinski definition) is 2. The van der Waals surface area contributed by atoms with E-state index in [1.165, 1.54) is 30.6 Å². The fourth-order valence-corrected chi connectivity index (χ4v) is 6.33. The Morgan fingerprint density at radius 3 is 2.21 bits per heavy atom. The van der Waals surface area contributed by atoms with Crippen LogP contribution in [0.3, 0.4) is 0 Å². The molecule has 3 aliphatic rings. The molecule has 5 heterocycles. The first-order valence-corrected chi connectivity index (χ1v) is 17.8. The molecule has 0 atom stereocenters. The SMILES string of the molecule is CN(C)c1ccc2c(-c3ccc(N4C(=O)C=CC4=O)cc3C(=O)NCC(=O)Nc3cnc(-c4nnc(-c5ccccn5)nn4)nc3)c3ccc(=[N+](C)C)cc-3oc2c1. The summed E-state index contributed by atoms with van der Waals surface area (Å²) in [7, 11) is 7.71. The monoisotopic (exact) mass is 773 g/mol. The molecule has 0 fully saturated rings. The quantitative estimate of drug-likeness (QED) is 0.123. The van der Waals surface area contributed by atoms with Crippen molar-refractivity contribution in [2.24, 2.45) is 0 Å². The summed E-state index contributed by atoms with van der Waals surface area (Å²) in [6.45, 7) is -0.441. The van der Waals surface area contributed by atoms with Gasteiger partial charge in [-0.1, -0.05) is 12.1 Å². The van der Waals surface area contributed by atoms with Crippen LogP contribution in [0.5, 0.6) is 0 Å². The number of carbonyl (C=O) groups is 4. The van der Waals surface area contributed by atoms with E-state index in [1.54, 1.807) is 36.5 Å². The van der Waals surface area contributed by atoms with E-state index in [4.69, 9.17) is 4.42 Å². The fraction of sp³-hybridized carbons (Fsp3) is 0.122. The van der Waals surface area contributed by atoms with Crippen molar-refractivity contribution in [3.63, 3.8) is 0 Å². The molecule has 0 unspecified atom stereocenters. The number of amides is 4. The summed E-state index contributed by atoms with van der Waals surface area (Å²) in [5.74, 6) is -1.28. The Morgan fingerprint density at radius 1 is 0.793 bits per heavy atom. The molecule has 4 amide bonds. The van der Waals surface area contributed by atoms with E-state index in [9.17, 15) is 19.2 Å². The maximum absolute atomic E-state index is 14.2. The standard InChI is InChI=1S/C41H32N12O5/c1-51(2)24-8-12-28-32(18-24)58-33-19-25(52(3)4)9-13-29(33)37(28)27-11-10-26(53-35(55)14-15-36(53)56)17-30(27)41(57)45-22-34(54)46-23-20-43-39(44-21-23)40-49-47-38(48-50-40)31-7-5-6-16-42-31/h5-21H,22H2,1-4H3,(H-,42,45,46,49,50,54,57)/p+1. The van der Waals surface area contributed by atoms with E-state index in [0.717, 1.165) is 26.9 Å². The number of carbonyl (C=O) groups excluding carboxylic acids is 4. The summed E-state index contributed by atoms with van der Waals surface area (Å²) in [4.78, 5) is 68.4. The number of nitrogens with one attached hydrogen (secondary N) is 2. The molecule has 5 aromatic rings. The molecule has 286 valence electrons. The summed E-state index contributed by atoms with van der Waals surface area (Å²) in [6.07, 6.45) is 6.66. The van der Waals surface area contributed by atoms with Crippen LogP contribution in [0.15, 0.2) is 108 Å². The van der Waals surface area contributed by atoms with Crippen molar-refractivity contribution in [3.8, 4) is 45.6 Å². The van der Waals surface area contributed by atoms with E-state index >= 15 is 0 Å². The van der Waals surface area contributed by atoms with Crippen LogP contribution in [0, 0.1) is 0 Å². The highest BCUT2D eigenvalue weighted by Crippen LogP contribution is 2.43. The maximum Gasteiger partial charge on any atom is 0.258 e. The normalized spacial score (nSPS) is 12.3. The number of anilines is 3. The zero-order chi connectivity index (χ0) is 40.5. The van der Waals surface area contributed by atoms with Crippen molar-refractivity contribution in [3.05, 3.63) is 114 Å². The van der Waals surface area contributed by atoms with Crippen molar-refractivity contribution in [1.82, 2.24) is 45.2 Å². The second-order valence-electron chi connectivity index (χ2n) is 13.5. The van der Waals surface area contributed by atoms with Crippen LogP contribution in [0.1, 0.15) is 10.4 Å². The van der Waals surface area contributed by atoms with Crippen LogP contribution >= 0.6 is 0 Å². The molecule has 17 heteroatoms. The Hall–Kier alpha value is -8.08. The zero-order valence-corrected chi connectivity index (χ0v) is 31.5. The average Bonchev–Trinajstić information content (AvgIpc) is 3.58. The Labute approximate surface area is 329 Å². The van der Waals surface area contributed by atoms with Gasteiger partial charge in [-0.05, 0) is 48.0 Å². The maximum atomic E-state index is 14.2. The van der Waals surface area contributed by atoms with E-state index in [0.29, 0.717) is 28.2 Å². The summed E-state index contributed by atoms with van der Waals surface area (Å²) < 4.78 is 8.43. The minimum absolute atomic E-state index is 0.0693. The topological polar surface area (TPSA) is 205 Å². The lowest BCUT2D eigenvalue weighted by molar-refractivity contribution is -0.120. The van der Waals surface area contributed by atoms with Gasteiger partial charge in [-0.2, -0.15) is 0 Å². The first-order valence-electron chi connectivity index (χ1n) is 17.8. The predicted octanol–water partition coefficient (Wildman–Crippen LogP) is 3.20. The second-order valence-corrected chi connectivity index (χ2v) is 13.5.